The summed E-state index contributed by atoms with van der Waals surface area (Å²) >= 11 is 0. The molecule has 1 heterocycles. The second-order valence-corrected chi connectivity index (χ2v) is 4.16. The molecule has 5 heteroatoms. The van der Waals surface area contributed by atoms with Crippen LogP contribution in [0.1, 0.15) is 6.92 Å². The van der Waals surface area contributed by atoms with E-state index in [-0.39, 0.29) is 12.1 Å². The highest BCUT2D eigenvalue weighted by molar-refractivity contribution is 5.79. The van der Waals surface area contributed by atoms with Crippen molar-refractivity contribution in [3.05, 3.63) is 24.3 Å². The molecule has 1 aromatic rings. The smallest absolute Gasteiger partial charge is 0.327 e. The van der Waals surface area contributed by atoms with Crippen LogP contribution in [0.2, 0.25) is 0 Å². The molecular weight excluding hydrogens is 234 g/mol. The summed E-state index contributed by atoms with van der Waals surface area (Å²) in [6.45, 7) is 2.97. The lowest BCUT2D eigenvalue weighted by Gasteiger charge is -2.28. The number of methoxy groups -OCH3 is 1. The largest absolute Gasteiger partial charge is 0.483 e. The molecule has 1 atom stereocenters. The average molecular weight is 251 g/mol. The van der Waals surface area contributed by atoms with Crippen molar-refractivity contribution in [2.75, 3.05) is 25.6 Å². The number of anilines is 1. The first kappa shape index (κ1) is 12.7. The van der Waals surface area contributed by atoms with E-state index in [4.69, 9.17) is 9.47 Å². The van der Waals surface area contributed by atoms with E-state index in [2.05, 4.69) is 10.1 Å². The van der Waals surface area contributed by atoms with Gasteiger partial charge in [-0.05, 0) is 19.1 Å². The fraction of sp³-hybridized carbons (Fsp3) is 0.462. The highest BCUT2D eigenvalue weighted by atomic mass is 16.6. The van der Waals surface area contributed by atoms with E-state index in [0.29, 0.717) is 13.2 Å². The molecule has 18 heavy (non-hydrogen) atoms. The summed E-state index contributed by atoms with van der Waals surface area (Å²) in [6.07, 6.45) is 0.0985. The Balaban J connectivity index is 2.04. The standard InChI is InChI=1S/C13H17NO4/c1-9(13(15)16-2)14-11-5-3-4-6-12(11)18-10-7-17-8-10/h3-6,9-10,14H,7-8H2,1-2H3. The van der Waals surface area contributed by atoms with Crippen molar-refractivity contribution in [1.82, 2.24) is 0 Å². The van der Waals surface area contributed by atoms with Crippen LogP contribution in [0.25, 0.3) is 0 Å². The molecule has 0 spiro atoms. The molecule has 1 saturated heterocycles. The molecule has 1 fully saturated rings. The van der Waals surface area contributed by atoms with Crippen LogP contribution in [0.15, 0.2) is 24.3 Å². The Kier molecular flexibility index (Phi) is 4.04. The van der Waals surface area contributed by atoms with Crippen LogP contribution in [-0.2, 0) is 14.3 Å². The first-order valence-corrected chi connectivity index (χ1v) is 5.88. The topological polar surface area (TPSA) is 56.8 Å². The molecule has 0 aromatic heterocycles. The number of para-hydroxylation sites is 2. The van der Waals surface area contributed by atoms with Gasteiger partial charge in [-0.2, -0.15) is 0 Å². The summed E-state index contributed by atoms with van der Waals surface area (Å²) in [5.41, 5.74) is 0.780. The van der Waals surface area contributed by atoms with Crippen LogP contribution < -0.4 is 10.1 Å². The van der Waals surface area contributed by atoms with E-state index in [9.17, 15) is 4.79 Å². The van der Waals surface area contributed by atoms with Gasteiger partial charge in [0, 0.05) is 0 Å². The van der Waals surface area contributed by atoms with Crippen LogP contribution in [0.3, 0.4) is 0 Å². The number of rotatable bonds is 5. The fourth-order valence-corrected chi connectivity index (χ4v) is 1.62. The van der Waals surface area contributed by atoms with Gasteiger partial charge in [-0.25, -0.2) is 4.79 Å². The Labute approximate surface area is 106 Å². The van der Waals surface area contributed by atoms with Gasteiger partial charge in [0.25, 0.3) is 0 Å². The summed E-state index contributed by atoms with van der Waals surface area (Å²) in [5, 5.41) is 3.07. The molecule has 98 valence electrons. The molecule has 0 amide bonds. The van der Waals surface area contributed by atoms with Gasteiger partial charge in [0.2, 0.25) is 0 Å². The monoisotopic (exact) mass is 251 g/mol. The number of nitrogens with one attached hydrogen (secondary N) is 1. The van der Waals surface area contributed by atoms with Gasteiger partial charge in [-0.15, -0.1) is 0 Å². The molecule has 2 rings (SSSR count). The minimum atomic E-state index is -0.419. The lowest BCUT2D eigenvalue weighted by Crippen LogP contribution is -2.38. The fourth-order valence-electron chi connectivity index (χ4n) is 1.62. The van der Waals surface area contributed by atoms with Gasteiger partial charge >= 0.3 is 5.97 Å². The Bertz CT molecular complexity index is 417. The average Bonchev–Trinajstić information content (AvgIpc) is 2.34. The number of carbonyl (C=O) groups is 1. The van der Waals surface area contributed by atoms with Crippen LogP contribution in [0.4, 0.5) is 5.69 Å². The Hall–Kier alpha value is -1.75. The van der Waals surface area contributed by atoms with E-state index >= 15 is 0 Å². The molecule has 1 N–H and O–H groups in total. The highest BCUT2D eigenvalue weighted by Gasteiger charge is 2.22. The zero-order chi connectivity index (χ0) is 13.0. The van der Waals surface area contributed by atoms with Crippen LogP contribution in [-0.4, -0.2) is 38.4 Å². The Morgan fingerprint density at radius 1 is 1.44 bits per heavy atom. The lowest BCUT2D eigenvalue weighted by atomic mass is 10.2. The number of ether oxygens (including phenoxy) is 3. The lowest BCUT2D eigenvalue weighted by molar-refractivity contribution is -0.141. The zero-order valence-electron chi connectivity index (χ0n) is 10.5. The van der Waals surface area contributed by atoms with E-state index in [1.807, 2.05) is 24.3 Å². The van der Waals surface area contributed by atoms with Crippen molar-refractivity contribution in [1.29, 1.82) is 0 Å². The highest BCUT2D eigenvalue weighted by Crippen LogP contribution is 2.26. The van der Waals surface area contributed by atoms with Gasteiger partial charge < -0.3 is 19.5 Å². The Morgan fingerprint density at radius 2 is 2.17 bits per heavy atom. The third kappa shape index (κ3) is 2.92. The number of esters is 1. The third-order valence-electron chi connectivity index (χ3n) is 2.71. The minimum absolute atomic E-state index is 0.0985. The number of benzene rings is 1. The van der Waals surface area contributed by atoms with Gasteiger partial charge in [0.05, 0.1) is 26.0 Å². The zero-order valence-corrected chi connectivity index (χ0v) is 10.5. The summed E-state index contributed by atoms with van der Waals surface area (Å²) in [7, 11) is 1.37. The van der Waals surface area contributed by atoms with Crippen LogP contribution in [0, 0.1) is 0 Å². The van der Waals surface area contributed by atoms with Gasteiger partial charge in [-0.1, -0.05) is 12.1 Å². The normalized spacial score (nSPS) is 16.6. The predicted molar refractivity (Wildman–Crippen MR) is 66.8 cm³/mol. The van der Waals surface area contributed by atoms with E-state index in [1.54, 1.807) is 6.92 Å². The molecule has 0 radical (unpaired) electrons. The number of hydrogen-bond donors (Lipinski definition) is 1. The summed E-state index contributed by atoms with van der Waals surface area (Å²) in [4.78, 5) is 11.4. The summed E-state index contributed by atoms with van der Waals surface area (Å²) in [6, 6.07) is 7.09. The SMILES string of the molecule is COC(=O)C(C)Nc1ccccc1OC1COC1. The van der Waals surface area contributed by atoms with Gasteiger partial charge in [-0.3, -0.25) is 0 Å². The first-order valence-electron chi connectivity index (χ1n) is 5.88. The van der Waals surface area contributed by atoms with E-state index in [0.717, 1.165) is 11.4 Å². The molecule has 0 bridgehead atoms. The van der Waals surface area contributed by atoms with Crippen molar-refractivity contribution in [2.24, 2.45) is 0 Å². The van der Waals surface area contributed by atoms with Crippen molar-refractivity contribution in [3.63, 3.8) is 0 Å². The van der Waals surface area contributed by atoms with Crippen molar-refractivity contribution < 1.29 is 19.0 Å². The second kappa shape index (κ2) is 5.73. The second-order valence-electron chi connectivity index (χ2n) is 4.16. The maximum Gasteiger partial charge on any atom is 0.327 e. The molecule has 0 saturated carbocycles. The quantitative estimate of drug-likeness (QED) is 0.802. The van der Waals surface area contributed by atoms with Crippen LogP contribution >= 0.6 is 0 Å². The summed E-state index contributed by atoms with van der Waals surface area (Å²) < 4.78 is 15.5. The maximum atomic E-state index is 11.4. The molecule has 1 aromatic carbocycles. The third-order valence-corrected chi connectivity index (χ3v) is 2.71. The van der Waals surface area contributed by atoms with Gasteiger partial charge in [0.15, 0.2) is 0 Å². The van der Waals surface area contributed by atoms with Gasteiger partial charge in [0.1, 0.15) is 17.9 Å². The van der Waals surface area contributed by atoms with Crippen molar-refractivity contribution in [2.45, 2.75) is 19.1 Å². The van der Waals surface area contributed by atoms with Crippen molar-refractivity contribution in [3.8, 4) is 5.75 Å². The van der Waals surface area contributed by atoms with E-state index in [1.165, 1.54) is 7.11 Å². The summed E-state index contributed by atoms with van der Waals surface area (Å²) in [5.74, 6) is 0.415. The minimum Gasteiger partial charge on any atom is -0.483 e. The molecule has 0 aliphatic carbocycles. The predicted octanol–water partition coefficient (Wildman–Crippen LogP) is 1.44. The molecule has 1 unspecified atom stereocenters. The number of carbonyl (C=O) groups excluding carboxylic acids is 1. The molecule has 1 aliphatic rings. The maximum absolute atomic E-state index is 11.4. The molecule has 1 aliphatic heterocycles. The first-order chi connectivity index (χ1) is 8.70. The van der Waals surface area contributed by atoms with Crippen LogP contribution in [0.5, 0.6) is 5.75 Å². The molecule has 5 nitrogen and oxygen atoms in total. The molecular formula is C13H17NO4. The number of hydrogen-bond acceptors (Lipinski definition) is 5. The van der Waals surface area contributed by atoms with E-state index < -0.39 is 6.04 Å². The van der Waals surface area contributed by atoms with Crippen molar-refractivity contribution >= 4 is 11.7 Å². The Morgan fingerprint density at radius 3 is 2.78 bits per heavy atom.